The molecule has 2 aromatic carbocycles. The number of amides is 1. The number of nitrogens with one attached hydrogen (secondary N) is 1. The van der Waals surface area contributed by atoms with Crippen LogP contribution in [0.4, 0.5) is 4.39 Å². The predicted molar refractivity (Wildman–Crippen MR) is 143 cm³/mol. The Balaban J connectivity index is 1.81. The normalized spacial score (nSPS) is 17.7. The molecule has 1 heterocycles. The number of carbonyl (C=O) groups is 1. The van der Waals surface area contributed by atoms with Crippen molar-refractivity contribution >= 4 is 53.3 Å². The van der Waals surface area contributed by atoms with Crippen LogP contribution in [-0.2, 0) is 24.7 Å². The number of hydrogen-bond acceptors (Lipinski definition) is 5. The van der Waals surface area contributed by atoms with E-state index in [1.807, 2.05) is 13.0 Å². The van der Waals surface area contributed by atoms with Crippen LogP contribution in [0.2, 0.25) is 5.02 Å². The number of rotatable bonds is 7. The van der Waals surface area contributed by atoms with E-state index in [0.29, 0.717) is 20.6 Å². The molecule has 196 valence electrons. The minimum Gasteiger partial charge on any atom is -0.347 e. The molecule has 0 radical (unpaired) electrons. The summed E-state index contributed by atoms with van der Waals surface area (Å²) in [5.41, 5.74) is -0.384. The molecule has 0 aromatic heterocycles. The average Bonchev–Trinajstić information content (AvgIpc) is 2.77. The van der Waals surface area contributed by atoms with Crippen LogP contribution in [0.5, 0.6) is 0 Å². The van der Waals surface area contributed by atoms with Crippen molar-refractivity contribution < 1.29 is 26.0 Å². The molecule has 0 aliphatic carbocycles. The third-order valence-electron chi connectivity index (χ3n) is 5.87. The van der Waals surface area contributed by atoms with Gasteiger partial charge in [-0.05, 0) is 43.7 Å². The average molecular weight is 622 g/mol. The summed E-state index contributed by atoms with van der Waals surface area (Å²) in [6, 6.07) is 9.38. The molecule has 1 amide bonds. The van der Waals surface area contributed by atoms with Gasteiger partial charge in [-0.15, -0.1) is 0 Å². The first-order valence-electron chi connectivity index (χ1n) is 11.1. The zero-order chi connectivity index (χ0) is 26.9. The van der Waals surface area contributed by atoms with Gasteiger partial charge in [0.25, 0.3) is 5.91 Å². The molecule has 1 fully saturated rings. The Hall–Kier alpha value is -1.79. The lowest BCUT2D eigenvalue weighted by molar-refractivity contribution is -0.135. The summed E-state index contributed by atoms with van der Waals surface area (Å²) < 4.78 is 67.0. The largest absolute Gasteiger partial charge is 0.347 e. The van der Waals surface area contributed by atoms with Crippen molar-refractivity contribution in [2.45, 2.75) is 43.3 Å². The molecule has 1 aliphatic heterocycles. The van der Waals surface area contributed by atoms with E-state index in [4.69, 9.17) is 11.6 Å². The fraction of sp³-hybridized carbons (Fsp3) is 0.375. The topological polar surface area (TPSA) is 101 Å². The first kappa shape index (κ1) is 28.8. The minimum absolute atomic E-state index is 0.0341. The second kappa shape index (κ2) is 10.9. The Labute approximate surface area is 224 Å². The highest BCUT2D eigenvalue weighted by Crippen LogP contribution is 2.38. The summed E-state index contributed by atoms with van der Waals surface area (Å²) in [5, 5.41) is 3.79. The molecular formula is C24H27BrClFN2O5S2. The Morgan fingerprint density at radius 3 is 2.36 bits per heavy atom. The maximum Gasteiger partial charge on any atom is 0.258 e. The standard InChI is InChI=1S/C24H27BrClFN2O5S2/c1-16-4-6-19(21(26)14-16)20-15-18(25)5-7-22(20)36(33,34)29-11-9-24(27,10-12-29)23(30)28-17(2)8-13-35(3,31)32/h4-8,13-15,17H,9-12H2,1-3H3,(H,28,30)/b13-8-/t17-/m1/s1. The Kier molecular flexibility index (Phi) is 8.72. The lowest BCUT2D eigenvalue weighted by Crippen LogP contribution is -2.53. The van der Waals surface area contributed by atoms with Gasteiger partial charge in [-0.25, -0.2) is 21.2 Å². The van der Waals surface area contributed by atoms with Crippen LogP contribution < -0.4 is 5.32 Å². The molecule has 7 nitrogen and oxygen atoms in total. The molecule has 1 aliphatic rings. The summed E-state index contributed by atoms with van der Waals surface area (Å²) in [6.07, 6.45) is 1.59. The van der Waals surface area contributed by atoms with E-state index < -0.39 is 37.5 Å². The Bertz CT molecular complexity index is 1410. The monoisotopic (exact) mass is 620 g/mol. The smallest absolute Gasteiger partial charge is 0.258 e. The maximum absolute atomic E-state index is 15.5. The minimum atomic E-state index is -4.03. The van der Waals surface area contributed by atoms with Gasteiger partial charge >= 0.3 is 0 Å². The molecule has 12 heteroatoms. The maximum atomic E-state index is 15.5. The van der Waals surface area contributed by atoms with Crippen molar-refractivity contribution in [1.29, 1.82) is 0 Å². The number of sulfone groups is 1. The van der Waals surface area contributed by atoms with Gasteiger partial charge in [-0.3, -0.25) is 4.79 Å². The SMILES string of the molecule is Cc1ccc(-c2cc(Br)ccc2S(=O)(=O)N2CCC(F)(C(=O)N[C@H](C)/C=C\S(C)(=O)=O)CC2)c(Cl)c1. The van der Waals surface area contributed by atoms with Crippen LogP contribution >= 0.6 is 27.5 Å². The van der Waals surface area contributed by atoms with Crippen LogP contribution in [0.25, 0.3) is 11.1 Å². The Morgan fingerprint density at radius 2 is 1.78 bits per heavy atom. The Morgan fingerprint density at radius 1 is 1.14 bits per heavy atom. The summed E-state index contributed by atoms with van der Waals surface area (Å²) >= 11 is 9.81. The number of sulfonamides is 1. The highest BCUT2D eigenvalue weighted by atomic mass is 79.9. The van der Waals surface area contributed by atoms with Crippen molar-refractivity contribution in [1.82, 2.24) is 9.62 Å². The van der Waals surface area contributed by atoms with E-state index in [1.54, 1.807) is 24.3 Å². The summed E-state index contributed by atoms with van der Waals surface area (Å²) in [7, 11) is -7.42. The van der Waals surface area contributed by atoms with Crippen LogP contribution in [0.3, 0.4) is 0 Å². The van der Waals surface area contributed by atoms with Gasteiger partial charge in [0.1, 0.15) is 0 Å². The summed E-state index contributed by atoms with van der Waals surface area (Å²) in [4.78, 5) is 12.6. The molecule has 1 atom stereocenters. The molecule has 0 spiro atoms. The highest BCUT2D eigenvalue weighted by molar-refractivity contribution is 9.10. The van der Waals surface area contributed by atoms with Crippen LogP contribution in [0, 0.1) is 6.92 Å². The molecule has 0 unspecified atom stereocenters. The number of hydrogen-bond donors (Lipinski definition) is 1. The van der Waals surface area contributed by atoms with E-state index in [-0.39, 0.29) is 30.8 Å². The van der Waals surface area contributed by atoms with Crippen molar-refractivity contribution in [3.63, 3.8) is 0 Å². The molecule has 0 saturated carbocycles. The van der Waals surface area contributed by atoms with E-state index in [1.165, 1.54) is 23.4 Å². The third kappa shape index (κ3) is 6.74. The van der Waals surface area contributed by atoms with Gasteiger partial charge in [0, 0.05) is 64.3 Å². The number of carbonyl (C=O) groups excluding carboxylic acids is 1. The number of aryl methyl sites for hydroxylation is 1. The number of nitrogens with zero attached hydrogens (tertiary/aromatic N) is 1. The number of piperidine rings is 1. The number of alkyl halides is 1. The van der Waals surface area contributed by atoms with Crippen molar-refractivity contribution in [2.75, 3.05) is 19.3 Å². The zero-order valence-corrected chi connectivity index (χ0v) is 23.9. The third-order valence-corrected chi connectivity index (χ3v) is 9.28. The fourth-order valence-electron chi connectivity index (χ4n) is 3.87. The van der Waals surface area contributed by atoms with Gasteiger partial charge in [0.05, 0.1) is 4.90 Å². The van der Waals surface area contributed by atoms with Gasteiger partial charge < -0.3 is 5.32 Å². The number of benzene rings is 2. The number of halogens is 3. The van der Waals surface area contributed by atoms with Crippen LogP contribution in [-0.4, -0.2) is 58.1 Å². The summed E-state index contributed by atoms with van der Waals surface area (Å²) in [5.74, 6) is -0.902. The highest BCUT2D eigenvalue weighted by Gasteiger charge is 2.45. The molecule has 1 saturated heterocycles. The molecule has 36 heavy (non-hydrogen) atoms. The van der Waals surface area contributed by atoms with Gasteiger partial charge in [-0.2, -0.15) is 4.31 Å². The van der Waals surface area contributed by atoms with E-state index >= 15 is 4.39 Å². The van der Waals surface area contributed by atoms with Crippen LogP contribution in [0.15, 0.2) is 57.3 Å². The van der Waals surface area contributed by atoms with Crippen LogP contribution in [0.1, 0.15) is 25.3 Å². The molecule has 1 N–H and O–H groups in total. The first-order chi connectivity index (χ1) is 16.6. The second-order valence-electron chi connectivity index (χ2n) is 8.91. The summed E-state index contributed by atoms with van der Waals surface area (Å²) in [6.45, 7) is 3.01. The quantitative estimate of drug-likeness (QED) is 0.486. The second-order valence-corrected chi connectivity index (χ2v) is 14.1. The fourth-order valence-corrected chi connectivity index (χ4v) is 6.72. The van der Waals surface area contributed by atoms with Gasteiger partial charge in [-0.1, -0.05) is 45.7 Å². The van der Waals surface area contributed by atoms with Gasteiger partial charge in [0.15, 0.2) is 15.5 Å². The molecule has 0 bridgehead atoms. The van der Waals surface area contributed by atoms with E-state index in [0.717, 1.165) is 17.2 Å². The molecule has 2 aromatic rings. The molecular weight excluding hydrogens is 595 g/mol. The predicted octanol–water partition coefficient (Wildman–Crippen LogP) is 4.63. The van der Waals surface area contributed by atoms with E-state index in [2.05, 4.69) is 21.2 Å². The van der Waals surface area contributed by atoms with Crippen molar-refractivity contribution in [2.24, 2.45) is 0 Å². The first-order valence-corrected chi connectivity index (χ1v) is 15.6. The zero-order valence-electron chi connectivity index (χ0n) is 20.0. The van der Waals surface area contributed by atoms with Crippen molar-refractivity contribution in [3.8, 4) is 11.1 Å². The van der Waals surface area contributed by atoms with Crippen molar-refractivity contribution in [3.05, 3.63) is 62.9 Å². The lowest BCUT2D eigenvalue weighted by Gasteiger charge is -2.35. The lowest BCUT2D eigenvalue weighted by atomic mass is 9.93. The van der Waals surface area contributed by atoms with E-state index in [9.17, 15) is 21.6 Å². The molecule has 3 rings (SSSR count). The van der Waals surface area contributed by atoms with Gasteiger partial charge in [0.2, 0.25) is 10.0 Å².